The molecule has 3 fully saturated rings. The van der Waals surface area contributed by atoms with Crippen LogP contribution in [0.2, 0.25) is 0 Å². The third-order valence-electron chi connectivity index (χ3n) is 9.31. The summed E-state index contributed by atoms with van der Waals surface area (Å²) in [4.78, 5) is 58.6. The van der Waals surface area contributed by atoms with E-state index in [0.717, 1.165) is 0 Å². The van der Waals surface area contributed by atoms with Gasteiger partial charge in [-0.3, -0.25) is 19.2 Å². The van der Waals surface area contributed by atoms with Crippen LogP contribution in [-0.2, 0) is 28.7 Å². The molecule has 4 rings (SSSR count). The number of carbonyl (C=O) groups is 4. The van der Waals surface area contributed by atoms with E-state index >= 15 is 0 Å². The molecule has 1 spiro atoms. The first-order chi connectivity index (χ1) is 21.5. The number of hydrogen-bond donors (Lipinski definition) is 2. The van der Waals surface area contributed by atoms with Gasteiger partial charge in [-0.05, 0) is 51.0 Å². The molecule has 2 N–H and O–H groups in total. The number of aliphatic hydroxyl groups is 1. The van der Waals surface area contributed by atoms with Crippen LogP contribution in [0.5, 0.6) is 0 Å². The highest BCUT2D eigenvalue weighted by Crippen LogP contribution is 2.59. The minimum atomic E-state index is -1.22. The standard InChI is InChI=1S/C35H49N3O7/c1-7-9-15-28(40)36-20-27(24-13-11-10-12-14-24)44-34(43)29-26-16-17-35(45-26)30(29)32(41)38(25(21-39)19-22(3)4)31(35)33(42)37(18-8-2)23(5)6/h7-8,10-14,22-23,25-27,29-31,39H,1-2,9,15-21H2,3-6H3,(H,36,40)/t25-,26-,27-,29+,30+,31-,35+/m1/s1. The van der Waals surface area contributed by atoms with Crippen molar-refractivity contribution in [1.82, 2.24) is 15.1 Å². The molecule has 0 unspecified atom stereocenters. The number of ether oxygens (including phenoxy) is 2. The molecule has 1 aromatic rings. The Morgan fingerprint density at radius 3 is 2.49 bits per heavy atom. The van der Waals surface area contributed by atoms with Crippen LogP contribution in [0.1, 0.15) is 71.5 Å². The summed E-state index contributed by atoms with van der Waals surface area (Å²) in [5.74, 6) is -3.15. The molecule has 2 bridgehead atoms. The van der Waals surface area contributed by atoms with Crippen molar-refractivity contribution in [2.24, 2.45) is 17.8 Å². The molecule has 0 aliphatic carbocycles. The van der Waals surface area contributed by atoms with E-state index in [0.29, 0.717) is 31.2 Å². The fourth-order valence-corrected chi connectivity index (χ4v) is 7.35. The Balaban J connectivity index is 1.68. The number of rotatable bonds is 16. The second-order valence-corrected chi connectivity index (χ2v) is 13.1. The molecule has 0 aromatic heterocycles. The number of allylic oxidation sites excluding steroid dienone is 1. The number of fused-ring (bicyclic) bond motifs is 1. The number of nitrogens with one attached hydrogen (secondary N) is 1. The SMILES string of the molecule is C=CCCC(=O)NC[C@@H](OC(=O)[C@@H]1[C@H]2C(=O)N([C@@H](CO)CC(C)C)[C@H](C(=O)N(CC=C)C(C)C)[C@]23CC[C@H]1O3)c1ccccc1. The fourth-order valence-electron chi connectivity index (χ4n) is 7.35. The highest BCUT2D eigenvalue weighted by atomic mass is 16.6. The van der Waals surface area contributed by atoms with Gasteiger partial charge in [0.05, 0.1) is 37.1 Å². The summed E-state index contributed by atoms with van der Waals surface area (Å²) < 4.78 is 12.7. The van der Waals surface area contributed by atoms with Crippen LogP contribution in [0.3, 0.4) is 0 Å². The smallest absolute Gasteiger partial charge is 0.313 e. The normalized spacial score (nSPS) is 26.5. The molecule has 1 aromatic carbocycles. The molecular formula is C35H49N3O7. The van der Waals surface area contributed by atoms with Crippen LogP contribution in [0.4, 0.5) is 0 Å². The van der Waals surface area contributed by atoms with Crippen LogP contribution >= 0.6 is 0 Å². The summed E-state index contributed by atoms with van der Waals surface area (Å²) in [6.07, 6.45) is 4.14. The third-order valence-corrected chi connectivity index (χ3v) is 9.31. The van der Waals surface area contributed by atoms with Gasteiger partial charge in [-0.15, -0.1) is 13.2 Å². The molecule has 45 heavy (non-hydrogen) atoms. The summed E-state index contributed by atoms with van der Waals surface area (Å²) in [6.45, 7) is 15.3. The van der Waals surface area contributed by atoms with Gasteiger partial charge in [0.1, 0.15) is 17.7 Å². The Morgan fingerprint density at radius 1 is 1.18 bits per heavy atom. The number of hydrogen-bond acceptors (Lipinski definition) is 7. The lowest BCUT2D eigenvalue weighted by Crippen LogP contribution is -2.59. The first-order valence-corrected chi connectivity index (χ1v) is 16.2. The largest absolute Gasteiger partial charge is 0.455 e. The highest BCUT2D eigenvalue weighted by molar-refractivity contribution is 5.98. The lowest BCUT2D eigenvalue weighted by Gasteiger charge is -2.40. The summed E-state index contributed by atoms with van der Waals surface area (Å²) in [5.41, 5.74) is -0.516. The second-order valence-electron chi connectivity index (χ2n) is 13.1. The molecular weight excluding hydrogens is 574 g/mol. The van der Waals surface area contributed by atoms with Crippen molar-refractivity contribution in [3.05, 3.63) is 61.2 Å². The van der Waals surface area contributed by atoms with Crippen molar-refractivity contribution in [3.63, 3.8) is 0 Å². The van der Waals surface area contributed by atoms with Crippen molar-refractivity contribution < 1.29 is 33.8 Å². The summed E-state index contributed by atoms with van der Waals surface area (Å²) >= 11 is 0. The van der Waals surface area contributed by atoms with E-state index in [9.17, 15) is 24.3 Å². The van der Waals surface area contributed by atoms with Crippen molar-refractivity contribution in [3.8, 4) is 0 Å². The van der Waals surface area contributed by atoms with Crippen LogP contribution in [-0.4, -0.2) is 88.1 Å². The van der Waals surface area contributed by atoms with E-state index < -0.39 is 47.7 Å². The Hall–Kier alpha value is -3.50. The average molecular weight is 624 g/mol. The van der Waals surface area contributed by atoms with E-state index in [1.165, 1.54) is 4.90 Å². The third kappa shape index (κ3) is 6.87. The van der Waals surface area contributed by atoms with Gasteiger partial charge in [0.25, 0.3) is 0 Å². The molecule has 3 saturated heterocycles. The maximum absolute atomic E-state index is 14.5. The number of carbonyl (C=O) groups excluding carboxylic acids is 4. The number of aliphatic hydroxyl groups excluding tert-OH is 1. The number of benzene rings is 1. The molecule has 10 nitrogen and oxygen atoms in total. The number of likely N-dealkylation sites (tertiary alicyclic amines) is 1. The van der Waals surface area contributed by atoms with E-state index in [1.54, 1.807) is 17.1 Å². The molecule has 0 radical (unpaired) electrons. The van der Waals surface area contributed by atoms with Gasteiger partial charge >= 0.3 is 5.97 Å². The molecule has 3 aliphatic rings. The predicted molar refractivity (Wildman–Crippen MR) is 170 cm³/mol. The van der Waals surface area contributed by atoms with Gasteiger partial charge in [0.15, 0.2) is 0 Å². The van der Waals surface area contributed by atoms with Gasteiger partial charge in [0.2, 0.25) is 17.7 Å². The van der Waals surface area contributed by atoms with E-state index in [-0.39, 0.29) is 55.8 Å². The zero-order valence-electron chi connectivity index (χ0n) is 27.0. The Bertz CT molecular complexity index is 1250. The van der Waals surface area contributed by atoms with Gasteiger partial charge in [-0.25, -0.2) is 0 Å². The first kappa shape index (κ1) is 34.4. The Morgan fingerprint density at radius 2 is 1.89 bits per heavy atom. The van der Waals surface area contributed by atoms with Crippen LogP contribution < -0.4 is 5.32 Å². The summed E-state index contributed by atoms with van der Waals surface area (Å²) in [5, 5.41) is 13.4. The van der Waals surface area contributed by atoms with E-state index in [4.69, 9.17) is 9.47 Å². The molecule has 10 heteroatoms. The van der Waals surface area contributed by atoms with E-state index in [2.05, 4.69) is 18.5 Å². The maximum Gasteiger partial charge on any atom is 0.313 e. The molecule has 3 amide bonds. The lowest BCUT2D eigenvalue weighted by atomic mass is 9.70. The van der Waals surface area contributed by atoms with Gasteiger partial charge < -0.3 is 29.7 Å². The lowest BCUT2D eigenvalue weighted by molar-refractivity contribution is -0.161. The van der Waals surface area contributed by atoms with Crippen LogP contribution in [0.15, 0.2) is 55.6 Å². The number of esters is 1. The molecule has 7 atom stereocenters. The topological polar surface area (TPSA) is 125 Å². The zero-order chi connectivity index (χ0) is 32.9. The van der Waals surface area contributed by atoms with Gasteiger partial charge in [-0.2, -0.15) is 0 Å². The summed E-state index contributed by atoms with van der Waals surface area (Å²) in [7, 11) is 0. The predicted octanol–water partition coefficient (Wildman–Crippen LogP) is 3.56. The minimum absolute atomic E-state index is 0.0623. The first-order valence-electron chi connectivity index (χ1n) is 16.2. The molecule has 0 saturated carbocycles. The van der Waals surface area contributed by atoms with Crippen LogP contribution in [0, 0.1) is 17.8 Å². The molecule has 246 valence electrons. The molecule has 3 aliphatic heterocycles. The number of nitrogens with zero attached hydrogens (tertiary/aromatic N) is 2. The van der Waals surface area contributed by atoms with Gasteiger partial charge in [-0.1, -0.05) is 56.3 Å². The quantitative estimate of drug-likeness (QED) is 0.213. The Kier molecular flexibility index (Phi) is 11.3. The van der Waals surface area contributed by atoms with Gasteiger partial charge in [0, 0.05) is 19.0 Å². The summed E-state index contributed by atoms with van der Waals surface area (Å²) in [6, 6.07) is 7.36. The Labute approximate surface area is 266 Å². The fraction of sp³-hybridized carbons (Fsp3) is 0.600. The van der Waals surface area contributed by atoms with Crippen molar-refractivity contribution >= 4 is 23.7 Å². The molecule has 3 heterocycles. The highest BCUT2D eigenvalue weighted by Gasteiger charge is 2.75. The average Bonchev–Trinajstić information content (AvgIpc) is 3.66. The van der Waals surface area contributed by atoms with E-state index in [1.807, 2.05) is 58.0 Å². The second kappa shape index (κ2) is 14.7. The van der Waals surface area contributed by atoms with Crippen LogP contribution in [0.25, 0.3) is 0 Å². The van der Waals surface area contributed by atoms with Crippen molar-refractivity contribution in [2.45, 2.75) is 95.7 Å². The minimum Gasteiger partial charge on any atom is -0.455 e. The van der Waals surface area contributed by atoms with Crippen molar-refractivity contribution in [1.29, 1.82) is 0 Å². The maximum atomic E-state index is 14.5. The monoisotopic (exact) mass is 623 g/mol. The zero-order valence-corrected chi connectivity index (χ0v) is 27.0. The van der Waals surface area contributed by atoms with Crippen molar-refractivity contribution in [2.75, 3.05) is 19.7 Å². The number of amides is 3.